The molecule has 3 atom stereocenters. The van der Waals surface area contributed by atoms with Crippen molar-refractivity contribution in [2.45, 2.75) is 83.1 Å². The van der Waals surface area contributed by atoms with E-state index in [1.54, 1.807) is 18.2 Å². The van der Waals surface area contributed by atoms with Crippen LogP contribution < -0.4 is 4.72 Å². The fourth-order valence-electron chi connectivity index (χ4n) is 2.02. The predicted octanol–water partition coefficient (Wildman–Crippen LogP) is 5.69. The molecule has 0 bridgehead atoms. The highest BCUT2D eigenvalue weighted by molar-refractivity contribution is 9.10. The van der Waals surface area contributed by atoms with E-state index in [0.29, 0.717) is 16.9 Å². The fourth-order valence-corrected chi connectivity index (χ4v) is 4.29. The molecule has 0 aliphatic heterocycles. The second-order valence-corrected chi connectivity index (χ2v) is 16.9. The lowest BCUT2D eigenvalue weighted by atomic mass is 10.1. The minimum Gasteiger partial charge on any atom is -0.598 e. The molecule has 2 unspecified atom stereocenters. The van der Waals surface area contributed by atoms with Gasteiger partial charge in [-0.05, 0) is 67.0 Å². The zero-order valence-corrected chi connectivity index (χ0v) is 21.1. The van der Waals surface area contributed by atoms with Crippen molar-refractivity contribution >= 4 is 35.6 Å². The van der Waals surface area contributed by atoms with Gasteiger partial charge in [0, 0.05) is 24.4 Å². The SMILES string of the molecule is CC(C)(C)[S+]([O-])N[C@H](c1cccc(Br)n1)C(F)CCO[Si](C)(C)C(C)(C)C. The summed E-state index contributed by atoms with van der Waals surface area (Å²) >= 11 is 1.92. The summed E-state index contributed by atoms with van der Waals surface area (Å²) in [5.41, 5.74) is 0.529. The molecule has 1 aromatic heterocycles. The Morgan fingerprint density at radius 2 is 1.85 bits per heavy atom. The summed E-state index contributed by atoms with van der Waals surface area (Å²) in [4.78, 5) is 4.37. The smallest absolute Gasteiger partial charge is 0.191 e. The molecule has 1 N–H and O–H groups in total. The molecule has 0 saturated heterocycles. The summed E-state index contributed by atoms with van der Waals surface area (Å²) in [5, 5.41) is 0.0794. The number of alkyl halides is 1. The maximum Gasteiger partial charge on any atom is 0.191 e. The highest BCUT2D eigenvalue weighted by Crippen LogP contribution is 2.37. The Kier molecular flexibility index (Phi) is 8.97. The lowest BCUT2D eigenvalue weighted by molar-refractivity contribution is 0.192. The van der Waals surface area contributed by atoms with Gasteiger partial charge in [0.1, 0.15) is 21.6 Å². The maximum atomic E-state index is 15.2. The van der Waals surface area contributed by atoms with Crippen LogP contribution in [0.1, 0.15) is 59.7 Å². The summed E-state index contributed by atoms with van der Waals surface area (Å²) < 4.78 is 36.9. The van der Waals surface area contributed by atoms with E-state index in [0.717, 1.165) is 0 Å². The molecule has 1 heterocycles. The van der Waals surface area contributed by atoms with Gasteiger partial charge in [-0.2, -0.15) is 0 Å². The van der Waals surface area contributed by atoms with Crippen LogP contribution in [0.5, 0.6) is 0 Å². The van der Waals surface area contributed by atoms with Crippen LogP contribution in [0.2, 0.25) is 18.1 Å². The zero-order valence-electron chi connectivity index (χ0n) is 17.7. The highest BCUT2D eigenvalue weighted by Gasteiger charge is 2.38. The number of hydrogen-bond acceptors (Lipinski definition) is 4. The predicted molar refractivity (Wildman–Crippen MR) is 118 cm³/mol. The normalized spacial score (nSPS) is 16.9. The van der Waals surface area contributed by atoms with Crippen LogP contribution in [0.25, 0.3) is 0 Å². The topological polar surface area (TPSA) is 57.2 Å². The van der Waals surface area contributed by atoms with Gasteiger partial charge in [-0.15, -0.1) is 4.72 Å². The first-order valence-corrected chi connectivity index (χ1v) is 14.1. The molecular formula is C19H34BrFN2O2SSi. The number of hydrogen-bond donors (Lipinski definition) is 1. The lowest BCUT2D eigenvalue weighted by Gasteiger charge is -2.36. The average molecular weight is 482 g/mol. The van der Waals surface area contributed by atoms with E-state index in [-0.39, 0.29) is 11.5 Å². The van der Waals surface area contributed by atoms with Crippen molar-refractivity contribution in [1.29, 1.82) is 0 Å². The maximum absolute atomic E-state index is 15.2. The van der Waals surface area contributed by atoms with E-state index in [1.165, 1.54) is 0 Å². The summed E-state index contributed by atoms with van der Waals surface area (Å²) in [6.45, 7) is 16.7. The van der Waals surface area contributed by atoms with Crippen molar-refractivity contribution in [2.24, 2.45) is 0 Å². The van der Waals surface area contributed by atoms with Gasteiger partial charge in [0.2, 0.25) is 0 Å². The molecule has 1 rings (SSSR count). The fraction of sp³-hybridized carbons (Fsp3) is 0.737. The largest absolute Gasteiger partial charge is 0.598 e. The number of aromatic nitrogens is 1. The Morgan fingerprint density at radius 1 is 1.26 bits per heavy atom. The molecule has 0 aliphatic carbocycles. The second kappa shape index (κ2) is 9.67. The molecule has 156 valence electrons. The minimum absolute atomic E-state index is 0.0794. The Morgan fingerprint density at radius 3 is 2.33 bits per heavy atom. The standard InChI is InChI=1S/C19H34BrFN2O2SSi/c1-18(2,3)26(24)23-17(15-10-9-11-16(20)22-15)14(21)12-13-25-27(7,8)19(4,5)6/h9-11,14,17,23H,12-13H2,1-8H3/t14?,17-,26?/m0/s1. The van der Waals surface area contributed by atoms with Gasteiger partial charge < -0.3 is 8.98 Å². The van der Waals surface area contributed by atoms with E-state index in [4.69, 9.17) is 4.43 Å². The first kappa shape index (κ1) is 25.0. The van der Waals surface area contributed by atoms with Gasteiger partial charge in [-0.25, -0.2) is 9.37 Å². The lowest BCUT2D eigenvalue weighted by Crippen LogP contribution is -2.45. The molecule has 0 radical (unpaired) electrons. The van der Waals surface area contributed by atoms with Crippen molar-refractivity contribution in [1.82, 2.24) is 9.71 Å². The van der Waals surface area contributed by atoms with Gasteiger partial charge in [-0.1, -0.05) is 26.8 Å². The quantitative estimate of drug-likeness (QED) is 0.295. The van der Waals surface area contributed by atoms with Gasteiger partial charge in [-0.3, -0.25) is 0 Å². The van der Waals surface area contributed by atoms with Gasteiger partial charge in [0.05, 0.1) is 5.69 Å². The van der Waals surface area contributed by atoms with Crippen molar-refractivity contribution in [3.05, 3.63) is 28.5 Å². The van der Waals surface area contributed by atoms with E-state index in [2.05, 4.69) is 59.5 Å². The monoisotopic (exact) mass is 480 g/mol. The average Bonchev–Trinajstić information content (AvgIpc) is 2.49. The summed E-state index contributed by atoms with van der Waals surface area (Å²) in [6.07, 6.45) is -1.04. The minimum atomic E-state index is -1.93. The molecule has 0 aromatic carbocycles. The van der Waals surface area contributed by atoms with Crippen LogP contribution in [0.3, 0.4) is 0 Å². The van der Waals surface area contributed by atoms with E-state index in [1.807, 2.05) is 20.8 Å². The number of pyridine rings is 1. The third-order valence-corrected chi connectivity index (χ3v) is 11.4. The molecule has 0 fully saturated rings. The first-order chi connectivity index (χ1) is 12.1. The van der Waals surface area contributed by atoms with Crippen molar-refractivity contribution in [3.8, 4) is 0 Å². The van der Waals surface area contributed by atoms with E-state index in [9.17, 15) is 4.55 Å². The molecule has 0 saturated carbocycles. The van der Waals surface area contributed by atoms with Crippen LogP contribution in [-0.4, -0.2) is 35.4 Å². The molecule has 4 nitrogen and oxygen atoms in total. The molecule has 0 aliphatic rings. The van der Waals surface area contributed by atoms with Crippen molar-refractivity contribution in [3.63, 3.8) is 0 Å². The zero-order chi connectivity index (χ0) is 21.0. The van der Waals surface area contributed by atoms with Crippen LogP contribution >= 0.6 is 15.9 Å². The Bertz CT molecular complexity index is 608. The summed E-state index contributed by atoms with van der Waals surface area (Å²) in [5.74, 6) is 0. The molecule has 0 spiro atoms. The van der Waals surface area contributed by atoms with Crippen LogP contribution in [0, 0.1) is 0 Å². The summed E-state index contributed by atoms with van der Waals surface area (Å²) in [7, 11) is -1.93. The van der Waals surface area contributed by atoms with E-state index < -0.39 is 36.6 Å². The number of nitrogens with one attached hydrogen (secondary N) is 1. The third-order valence-electron chi connectivity index (χ3n) is 4.87. The Balaban J connectivity index is 2.89. The molecule has 27 heavy (non-hydrogen) atoms. The second-order valence-electron chi connectivity index (χ2n) is 9.28. The van der Waals surface area contributed by atoms with E-state index >= 15 is 4.39 Å². The first-order valence-electron chi connectivity index (χ1n) is 9.24. The van der Waals surface area contributed by atoms with Crippen LogP contribution in [0.4, 0.5) is 4.39 Å². The highest BCUT2D eigenvalue weighted by atomic mass is 79.9. The molecule has 1 aromatic rings. The van der Waals surface area contributed by atoms with Crippen LogP contribution in [-0.2, 0) is 15.8 Å². The number of nitrogens with zero attached hydrogens (tertiary/aromatic N) is 1. The van der Waals surface area contributed by atoms with Gasteiger partial charge in [0.25, 0.3) is 0 Å². The Labute approximate surface area is 176 Å². The van der Waals surface area contributed by atoms with Gasteiger partial charge in [0.15, 0.2) is 8.32 Å². The number of halogens is 2. The molecule has 0 amide bonds. The van der Waals surface area contributed by atoms with Crippen molar-refractivity contribution in [2.75, 3.05) is 6.61 Å². The number of rotatable bonds is 8. The van der Waals surface area contributed by atoms with Crippen LogP contribution in [0.15, 0.2) is 22.8 Å². The van der Waals surface area contributed by atoms with Gasteiger partial charge >= 0.3 is 0 Å². The summed E-state index contributed by atoms with van der Waals surface area (Å²) in [6, 6.07) is 4.59. The third kappa shape index (κ3) is 7.74. The molecular weight excluding hydrogens is 447 g/mol. The van der Waals surface area contributed by atoms with Crippen molar-refractivity contribution < 1.29 is 13.4 Å². The Hall–Kier alpha value is 0.00688. The molecule has 8 heteroatoms.